The predicted molar refractivity (Wildman–Crippen MR) is 75.7 cm³/mol. The van der Waals surface area contributed by atoms with Gasteiger partial charge >= 0.3 is 0 Å². The van der Waals surface area contributed by atoms with Crippen molar-refractivity contribution in [1.82, 2.24) is 10.2 Å². The summed E-state index contributed by atoms with van der Waals surface area (Å²) >= 11 is 5.73. The Balaban J connectivity index is 1.78. The van der Waals surface area contributed by atoms with Crippen molar-refractivity contribution in [2.24, 2.45) is 11.8 Å². The van der Waals surface area contributed by atoms with Crippen LogP contribution in [0.25, 0.3) is 0 Å². The molecule has 2 aliphatic rings. The van der Waals surface area contributed by atoms with Crippen molar-refractivity contribution in [3.05, 3.63) is 34.6 Å². The second-order valence-corrected chi connectivity index (χ2v) is 6.71. The van der Waals surface area contributed by atoms with Crippen LogP contribution in [0.3, 0.4) is 0 Å². The van der Waals surface area contributed by atoms with Crippen LogP contribution >= 0.6 is 11.6 Å². The van der Waals surface area contributed by atoms with Gasteiger partial charge in [-0.2, -0.15) is 0 Å². The van der Waals surface area contributed by atoms with Gasteiger partial charge < -0.3 is 5.32 Å². The predicted octanol–water partition coefficient (Wildman–Crippen LogP) is 2.91. The number of rotatable bonds is 2. The molecular formula is C15H20ClFN2. The Kier molecular flexibility index (Phi) is 3.32. The summed E-state index contributed by atoms with van der Waals surface area (Å²) in [6.45, 7) is 8.71. The highest BCUT2D eigenvalue weighted by Gasteiger charge is 2.49. The molecule has 2 heterocycles. The minimum Gasteiger partial charge on any atom is -0.316 e. The second-order valence-electron chi connectivity index (χ2n) is 6.31. The Hall–Kier alpha value is -0.640. The molecule has 0 amide bonds. The van der Waals surface area contributed by atoms with Gasteiger partial charge in [-0.25, -0.2) is 4.39 Å². The van der Waals surface area contributed by atoms with E-state index in [9.17, 15) is 4.39 Å². The summed E-state index contributed by atoms with van der Waals surface area (Å²) in [4.78, 5) is 2.48. The Morgan fingerprint density at radius 1 is 1.42 bits per heavy atom. The molecule has 2 saturated heterocycles. The number of fused-ring (bicyclic) bond motifs is 1. The summed E-state index contributed by atoms with van der Waals surface area (Å²) in [5.41, 5.74) is 1.17. The highest BCUT2D eigenvalue weighted by atomic mass is 35.5. The fourth-order valence-electron chi connectivity index (χ4n) is 3.63. The molecule has 0 aromatic heterocycles. The van der Waals surface area contributed by atoms with Crippen molar-refractivity contribution >= 4 is 11.6 Å². The smallest absolute Gasteiger partial charge is 0.142 e. The Bertz CT molecular complexity index is 489. The van der Waals surface area contributed by atoms with Gasteiger partial charge in [0.1, 0.15) is 5.82 Å². The molecule has 0 spiro atoms. The lowest BCUT2D eigenvalue weighted by Gasteiger charge is -2.35. The number of benzene rings is 1. The molecule has 0 bridgehead atoms. The van der Waals surface area contributed by atoms with Crippen molar-refractivity contribution in [2.45, 2.75) is 25.9 Å². The van der Waals surface area contributed by atoms with Gasteiger partial charge in [-0.3, -0.25) is 4.90 Å². The first-order valence-corrected chi connectivity index (χ1v) is 7.26. The molecule has 2 unspecified atom stereocenters. The molecular weight excluding hydrogens is 263 g/mol. The quantitative estimate of drug-likeness (QED) is 0.897. The molecule has 2 nitrogen and oxygen atoms in total. The topological polar surface area (TPSA) is 15.3 Å². The number of hydrogen-bond acceptors (Lipinski definition) is 2. The Labute approximate surface area is 118 Å². The zero-order chi connectivity index (χ0) is 13.6. The van der Waals surface area contributed by atoms with Gasteiger partial charge in [-0.15, -0.1) is 0 Å². The van der Waals surface area contributed by atoms with Gasteiger partial charge in [0.05, 0.1) is 5.02 Å². The maximum absolute atomic E-state index is 13.5. The van der Waals surface area contributed by atoms with Gasteiger partial charge in [0.15, 0.2) is 0 Å². The molecule has 1 aromatic carbocycles. The standard InChI is InChI=1S/C15H20ClFN2/c1-15(2)12-7-18-6-11(12)9-19(15)8-10-3-4-13(16)14(17)5-10/h3-5,11-12,18H,6-9H2,1-2H3. The third-order valence-electron chi connectivity index (χ3n) is 4.87. The van der Waals surface area contributed by atoms with Crippen LogP contribution in [0.5, 0.6) is 0 Å². The van der Waals surface area contributed by atoms with E-state index < -0.39 is 0 Å². The summed E-state index contributed by atoms with van der Waals surface area (Å²) in [6, 6.07) is 5.14. The van der Waals surface area contributed by atoms with Crippen LogP contribution in [0.4, 0.5) is 4.39 Å². The van der Waals surface area contributed by atoms with E-state index in [1.165, 1.54) is 0 Å². The molecule has 0 saturated carbocycles. The minimum atomic E-state index is -0.321. The van der Waals surface area contributed by atoms with Crippen LogP contribution in [-0.2, 0) is 6.54 Å². The van der Waals surface area contributed by atoms with Crippen LogP contribution in [0.2, 0.25) is 5.02 Å². The lowest BCUT2D eigenvalue weighted by Crippen LogP contribution is -2.43. The highest BCUT2D eigenvalue weighted by Crippen LogP contribution is 2.41. The molecule has 3 rings (SSSR count). The van der Waals surface area contributed by atoms with Crippen molar-refractivity contribution < 1.29 is 4.39 Å². The van der Waals surface area contributed by atoms with Crippen LogP contribution in [0.15, 0.2) is 18.2 Å². The summed E-state index contributed by atoms with van der Waals surface area (Å²) < 4.78 is 13.5. The summed E-state index contributed by atoms with van der Waals surface area (Å²) in [6.07, 6.45) is 0. The average molecular weight is 283 g/mol. The van der Waals surface area contributed by atoms with Gasteiger partial charge in [0, 0.05) is 25.2 Å². The van der Waals surface area contributed by atoms with Gasteiger partial charge in [-0.1, -0.05) is 17.7 Å². The molecule has 1 N–H and O–H groups in total. The van der Waals surface area contributed by atoms with Crippen molar-refractivity contribution in [3.8, 4) is 0 Å². The molecule has 2 fully saturated rings. The number of likely N-dealkylation sites (tertiary alicyclic amines) is 1. The van der Waals surface area contributed by atoms with Crippen LogP contribution in [0.1, 0.15) is 19.4 Å². The van der Waals surface area contributed by atoms with E-state index in [1.54, 1.807) is 12.1 Å². The van der Waals surface area contributed by atoms with E-state index >= 15 is 0 Å². The molecule has 0 radical (unpaired) electrons. The number of hydrogen-bond donors (Lipinski definition) is 1. The molecule has 4 heteroatoms. The SMILES string of the molecule is CC1(C)C2CNCC2CN1Cc1ccc(Cl)c(F)c1. The largest absolute Gasteiger partial charge is 0.316 e. The molecule has 2 atom stereocenters. The highest BCUT2D eigenvalue weighted by molar-refractivity contribution is 6.30. The molecule has 19 heavy (non-hydrogen) atoms. The van der Waals surface area contributed by atoms with Crippen molar-refractivity contribution in [2.75, 3.05) is 19.6 Å². The normalized spacial score (nSPS) is 29.7. The molecule has 0 aliphatic carbocycles. The van der Waals surface area contributed by atoms with Gasteiger partial charge in [-0.05, 0) is 49.9 Å². The van der Waals surface area contributed by atoms with E-state index in [1.807, 2.05) is 6.07 Å². The first-order chi connectivity index (χ1) is 8.98. The lowest BCUT2D eigenvalue weighted by molar-refractivity contribution is 0.132. The molecule has 104 valence electrons. The number of nitrogens with one attached hydrogen (secondary N) is 1. The van der Waals surface area contributed by atoms with Crippen LogP contribution in [0, 0.1) is 17.7 Å². The maximum Gasteiger partial charge on any atom is 0.142 e. The van der Waals surface area contributed by atoms with Crippen LogP contribution in [-0.4, -0.2) is 30.1 Å². The fourth-order valence-corrected chi connectivity index (χ4v) is 3.75. The first-order valence-electron chi connectivity index (χ1n) is 6.88. The average Bonchev–Trinajstić information content (AvgIpc) is 2.89. The van der Waals surface area contributed by atoms with E-state index in [-0.39, 0.29) is 16.4 Å². The molecule has 1 aromatic rings. The zero-order valence-corrected chi connectivity index (χ0v) is 12.2. The maximum atomic E-state index is 13.5. The summed E-state index contributed by atoms with van der Waals surface area (Å²) in [5.74, 6) is 1.11. The summed E-state index contributed by atoms with van der Waals surface area (Å²) in [5, 5.41) is 3.68. The number of nitrogens with zero attached hydrogens (tertiary/aromatic N) is 1. The fraction of sp³-hybridized carbons (Fsp3) is 0.600. The zero-order valence-electron chi connectivity index (χ0n) is 11.4. The minimum absolute atomic E-state index is 0.171. The Morgan fingerprint density at radius 2 is 2.21 bits per heavy atom. The van der Waals surface area contributed by atoms with E-state index in [0.29, 0.717) is 5.92 Å². The Morgan fingerprint density at radius 3 is 2.89 bits per heavy atom. The second kappa shape index (κ2) is 4.72. The third kappa shape index (κ3) is 2.28. The summed E-state index contributed by atoms with van der Waals surface area (Å²) in [7, 11) is 0. The van der Waals surface area contributed by atoms with Crippen LogP contribution < -0.4 is 5.32 Å². The third-order valence-corrected chi connectivity index (χ3v) is 5.18. The van der Waals surface area contributed by atoms with Gasteiger partial charge in [0.25, 0.3) is 0 Å². The van der Waals surface area contributed by atoms with Crippen molar-refractivity contribution in [1.29, 1.82) is 0 Å². The lowest BCUT2D eigenvalue weighted by atomic mass is 9.85. The van der Waals surface area contributed by atoms with E-state index in [2.05, 4.69) is 24.1 Å². The van der Waals surface area contributed by atoms with E-state index in [0.717, 1.165) is 37.7 Å². The first kappa shape index (κ1) is 13.3. The monoisotopic (exact) mass is 282 g/mol. The van der Waals surface area contributed by atoms with Gasteiger partial charge in [0.2, 0.25) is 0 Å². The number of halogens is 2. The van der Waals surface area contributed by atoms with E-state index in [4.69, 9.17) is 11.6 Å². The molecule has 2 aliphatic heterocycles. The van der Waals surface area contributed by atoms with Crippen molar-refractivity contribution in [3.63, 3.8) is 0 Å².